The van der Waals surface area contributed by atoms with Crippen molar-refractivity contribution < 1.29 is 33.4 Å². The van der Waals surface area contributed by atoms with E-state index >= 15 is 0 Å². The van der Waals surface area contributed by atoms with Crippen molar-refractivity contribution in [2.24, 2.45) is 11.8 Å². The fourth-order valence-corrected chi connectivity index (χ4v) is 9.78. The third-order valence-corrected chi connectivity index (χ3v) is 13.0. The number of likely N-dealkylation sites (tertiary alicyclic amines) is 1. The van der Waals surface area contributed by atoms with Crippen molar-refractivity contribution in [1.82, 2.24) is 25.2 Å². The topological polar surface area (TPSA) is 175 Å². The molecule has 0 spiro atoms. The van der Waals surface area contributed by atoms with Crippen LogP contribution in [0.4, 0.5) is 17.2 Å². The minimum atomic E-state index is -0.492. The molecule has 3 atom stereocenters. The average molecular weight is 809 g/mol. The number of piperidine rings is 1. The number of hydrogen-bond acceptors (Lipinski definition) is 15. The zero-order valence-electron chi connectivity index (χ0n) is 34.2. The number of benzene rings is 1. The maximum atomic E-state index is 12.2. The Balaban J connectivity index is 0.691. The van der Waals surface area contributed by atoms with E-state index in [-0.39, 0.29) is 35.9 Å². The molecule has 15 nitrogen and oxygen atoms in total. The number of para-hydroxylation sites is 1. The fraction of sp³-hybridized carbons (Fsp3) is 0.568. The van der Waals surface area contributed by atoms with E-state index < -0.39 is 5.92 Å². The second-order valence-electron chi connectivity index (χ2n) is 17.4. The number of hydrogen-bond donors (Lipinski definition) is 2. The molecule has 9 rings (SSSR count). The second kappa shape index (κ2) is 16.8. The van der Waals surface area contributed by atoms with Gasteiger partial charge >= 0.3 is 5.97 Å². The first kappa shape index (κ1) is 39.3. The number of esters is 1. The summed E-state index contributed by atoms with van der Waals surface area (Å²) in [7, 11) is 1.39. The Kier molecular flexibility index (Phi) is 11.2. The molecule has 4 aromatic rings. The van der Waals surface area contributed by atoms with Gasteiger partial charge in [0.05, 0.1) is 30.7 Å². The van der Waals surface area contributed by atoms with Crippen molar-refractivity contribution in [3.63, 3.8) is 0 Å². The molecule has 3 N–H and O–H groups in total. The molecule has 314 valence electrons. The second-order valence-corrected chi connectivity index (χ2v) is 17.4. The number of fused-ring (bicyclic) bond motifs is 2. The largest absolute Gasteiger partial charge is 0.507 e. The average Bonchev–Trinajstić information content (AvgIpc) is 3.77. The van der Waals surface area contributed by atoms with Crippen LogP contribution in [0.3, 0.4) is 0 Å². The summed E-state index contributed by atoms with van der Waals surface area (Å²) in [6, 6.07) is 15.7. The first-order chi connectivity index (χ1) is 28.7. The van der Waals surface area contributed by atoms with Gasteiger partial charge in [-0.25, -0.2) is 4.98 Å². The zero-order valence-corrected chi connectivity index (χ0v) is 34.2. The Morgan fingerprint density at radius 3 is 2.36 bits per heavy atom. The van der Waals surface area contributed by atoms with Gasteiger partial charge in [-0.2, -0.15) is 0 Å². The smallest absolute Gasteiger partial charge is 0.316 e. The number of nitrogens with two attached hydrogens (primary N) is 1. The van der Waals surface area contributed by atoms with Crippen LogP contribution in [-0.4, -0.2) is 113 Å². The molecule has 1 aromatic carbocycles. The maximum Gasteiger partial charge on any atom is 0.316 e. The number of carbonyl (C=O) groups excluding carboxylic acids is 1. The molecule has 3 unspecified atom stereocenters. The molecule has 6 heterocycles. The van der Waals surface area contributed by atoms with Crippen LogP contribution in [0, 0.1) is 11.8 Å². The molecule has 2 aliphatic carbocycles. The zero-order chi connectivity index (χ0) is 40.6. The van der Waals surface area contributed by atoms with E-state index in [1.807, 2.05) is 38.2 Å². The summed E-state index contributed by atoms with van der Waals surface area (Å²) in [6.07, 6.45) is 10.7. The van der Waals surface area contributed by atoms with Crippen LogP contribution in [0.25, 0.3) is 11.3 Å². The molecule has 5 fully saturated rings. The van der Waals surface area contributed by atoms with E-state index in [1.54, 1.807) is 18.2 Å². The Labute approximate surface area is 345 Å². The van der Waals surface area contributed by atoms with Gasteiger partial charge in [0.2, 0.25) is 5.88 Å². The summed E-state index contributed by atoms with van der Waals surface area (Å²) in [6.45, 7) is 8.72. The van der Waals surface area contributed by atoms with Crippen molar-refractivity contribution in [1.29, 1.82) is 0 Å². The van der Waals surface area contributed by atoms with Crippen molar-refractivity contribution in [2.45, 2.75) is 108 Å². The van der Waals surface area contributed by atoms with Gasteiger partial charge in [0.15, 0.2) is 11.6 Å². The fourth-order valence-electron chi connectivity index (χ4n) is 9.78. The molecule has 3 aliphatic heterocycles. The van der Waals surface area contributed by atoms with Gasteiger partial charge < -0.3 is 49.0 Å². The lowest BCUT2D eigenvalue weighted by Crippen LogP contribution is -2.54. The van der Waals surface area contributed by atoms with Crippen LogP contribution in [0.1, 0.15) is 76.9 Å². The Morgan fingerprint density at radius 1 is 0.898 bits per heavy atom. The van der Waals surface area contributed by atoms with Gasteiger partial charge in [0.25, 0.3) is 5.88 Å². The maximum absolute atomic E-state index is 12.2. The number of pyridine rings is 1. The van der Waals surface area contributed by atoms with Gasteiger partial charge in [-0.15, -0.1) is 10.2 Å². The van der Waals surface area contributed by atoms with Crippen molar-refractivity contribution in [3.8, 4) is 28.8 Å². The molecular weight excluding hydrogens is 753 g/mol. The summed E-state index contributed by atoms with van der Waals surface area (Å²) in [5.41, 5.74) is 9.61. The number of rotatable bonds is 14. The van der Waals surface area contributed by atoms with E-state index in [0.717, 1.165) is 95.5 Å². The molecule has 59 heavy (non-hydrogen) atoms. The van der Waals surface area contributed by atoms with Crippen molar-refractivity contribution in [2.75, 3.05) is 55.4 Å². The first-order valence-corrected chi connectivity index (χ1v) is 21.3. The van der Waals surface area contributed by atoms with Crippen molar-refractivity contribution in [3.05, 3.63) is 60.5 Å². The highest BCUT2D eigenvalue weighted by atomic mass is 16.6. The lowest BCUT2D eigenvalue weighted by atomic mass is 9.81. The molecule has 15 heteroatoms. The quantitative estimate of drug-likeness (QED) is 0.146. The Hall–Kier alpha value is -5.15. The third kappa shape index (κ3) is 8.49. The van der Waals surface area contributed by atoms with E-state index in [9.17, 15) is 9.90 Å². The van der Waals surface area contributed by atoms with E-state index in [1.165, 1.54) is 7.11 Å². The molecule has 5 aliphatic rings. The molecule has 0 radical (unpaired) electrons. The number of anilines is 3. The lowest BCUT2D eigenvalue weighted by Gasteiger charge is -2.43. The van der Waals surface area contributed by atoms with Crippen LogP contribution in [0.5, 0.6) is 17.5 Å². The van der Waals surface area contributed by atoms with Crippen LogP contribution < -0.4 is 25.0 Å². The SMILES string of the molecule is COC(=O)C(c1cc(OC2CC(CN3CCC(OC4CC(Oc5cc(N6C7CCC6CN(c6cc(-c8ccccc8O)nnc6N)C7)ccn5)C4)CC3)C2)no1)C(C)C. The monoisotopic (exact) mass is 808 g/mol. The lowest BCUT2D eigenvalue weighted by molar-refractivity contribution is -0.144. The number of phenols is 1. The number of carbonyl (C=O) groups is 1. The summed E-state index contributed by atoms with van der Waals surface area (Å²) in [5.74, 6) is 1.98. The minimum absolute atomic E-state index is 0.0292. The number of piperazine rings is 1. The predicted octanol–water partition coefficient (Wildman–Crippen LogP) is 5.83. The standard InChI is InChI=1S/C44H56N8O7/c1-26(2)42(44(54)55-3)39-22-41(49-59-39)58-32-16-27(17-32)23-50-14-11-31(12-15-50)56-33-19-34(20-33)57-40-18-28(10-13-46-40)52-29-8-9-30(52)25-51(24-29)37-21-36(47-48-43(37)45)35-6-4-5-7-38(35)53/h4-7,10,13,18,21-22,26-27,29-34,42,53H,8-9,11-12,14-17,19-20,23-25H2,1-3H3,(H2,45,48). The summed E-state index contributed by atoms with van der Waals surface area (Å²) in [5, 5.41) is 23.0. The van der Waals surface area contributed by atoms with E-state index in [0.29, 0.717) is 58.7 Å². The van der Waals surface area contributed by atoms with Gasteiger partial charge in [-0.3, -0.25) is 4.79 Å². The van der Waals surface area contributed by atoms with E-state index in [4.69, 9.17) is 29.2 Å². The first-order valence-electron chi connectivity index (χ1n) is 21.3. The number of aromatic hydroxyl groups is 1. The van der Waals surface area contributed by atoms with Gasteiger partial charge in [0, 0.05) is 87.2 Å². The highest BCUT2D eigenvalue weighted by Crippen LogP contribution is 2.41. The number of nitrogens with zero attached hydrogens (tertiary/aromatic N) is 7. The highest BCUT2D eigenvalue weighted by molar-refractivity contribution is 5.77. The van der Waals surface area contributed by atoms with Crippen LogP contribution in [0.2, 0.25) is 0 Å². The number of aromatic nitrogens is 4. The van der Waals surface area contributed by atoms with Gasteiger partial charge in [-0.1, -0.05) is 26.0 Å². The molecular formula is C44H56N8O7. The number of nitrogen functional groups attached to an aromatic ring is 1. The molecule has 3 saturated heterocycles. The minimum Gasteiger partial charge on any atom is -0.507 e. The summed E-state index contributed by atoms with van der Waals surface area (Å²) < 4.78 is 29.4. The Morgan fingerprint density at radius 2 is 1.63 bits per heavy atom. The molecule has 2 saturated carbocycles. The number of phenolic OH excluding ortho intramolecular Hbond substituents is 1. The van der Waals surface area contributed by atoms with Crippen molar-refractivity contribution >= 4 is 23.2 Å². The van der Waals surface area contributed by atoms with Gasteiger partial charge in [0.1, 0.15) is 23.9 Å². The summed E-state index contributed by atoms with van der Waals surface area (Å²) >= 11 is 0. The predicted molar refractivity (Wildman–Crippen MR) is 221 cm³/mol. The third-order valence-electron chi connectivity index (χ3n) is 13.0. The van der Waals surface area contributed by atoms with Crippen LogP contribution in [0.15, 0.2) is 59.3 Å². The van der Waals surface area contributed by atoms with Crippen LogP contribution in [-0.2, 0) is 14.3 Å². The molecule has 3 aromatic heterocycles. The highest BCUT2D eigenvalue weighted by Gasteiger charge is 2.42. The normalized spacial score (nSPS) is 26.3. The van der Waals surface area contributed by atoms with E-state index in [2.05, 4.69) is 47.2 Å². The number of methoxy groups -OCH3 is 1. The van der Waals surface area contributed by atoms with Crippen LogP contribution >= 0.6 is 0 Å². The van der Waals surface area contributed by atoms with Gasteiger partial charge in [-0.05, 0) is 79.8 Å². The Bertz CT molecular complexity index is 2060. The summed E-state index contributed by atoms with van der Waals surface area (Å²) in [4.78, 5) is 24.2. The molecule has 2 bridgehead atoms. The molecule has 0 amide bonds. The number of ether oxygens (including phenoxy) is 4.